The predicted molar refractivity (Wildman–Crippen MR) is 114 cm³/mol. The van der Waals surface area contributed by atoms with E-state index < -0.39 is 10.0 Å². The van der Waals surface area contributed by atoms with Gasteiger partial charge in [0.25, 0.3) is 0 Å². The number of anilines is 1. The summed E-state index contributed by atoms with van der Waals surface area (Å²) in [6.07, 6.45) is 2.44. The highest BCUT2D eigenvalue weighted by molar-refractivity contribution is 7.98. The fourth-order valence-corrected chi connectivity index (χ4v) is 4.03. The van der Waals surface area contributed by atoms with Gasteiger partial charge >= 0.3 is 0 Å². The molecule has 0 aliphatic carbocycles. The van der Waals surface area contributed by atoms with Crippen LogP contribution in [0.5, 0.6) is 5.75 Å². The summed E-state index contributed by atoms with van der Waals surface area (Å²) in [7, 11) is -2.08. The number of hydrogen-bond donors (Lipinski definition) is 2. The van der Waals surface area contributed by atoms with Crippen molar-refractivity contribution in [2.24, 2.45) is 5.92 Å². The molecule has 2 aromatic rings. The van der Waals surface area contributed by atoms with Gasteiger partial charge in [0.05, 0.1) is 17.7 Å². The Morgan fingerprint density at radius 3 is 2.39 bits per heavy atom. The summed E-state index contributed by atoms with van der Waals surface area (Å²) < 4.78 is 33.0. The number of sulfonamides is 1. The molecule has 1 amide bonds. The van der Waals surface area contributed by atoms with Gasteiger partial charge in [-0.15, -0.1) is 11.8 Å². The molecule has 0 spiro atoms. The van der Waals surface area contributed by atoms with Gasteiger partial charge in [-0.3, -0.25) is 4.79 Å². The van der Waals surface area contributed by atoms with E-state index in [0.717, 1.165) is 16.2 Å². The van der Waals surface area contributed by atoms with E-state index in [0.29, 0.717) is 12.1 Å². The number of thioether (sulfide) groups is 1. The van der Waals surface area contributed by atoms with Crippen LogP contribution in [0.3, 0.4) is 0 Å². The predicted octanol–water partition coefficient (Wildman–Crippen LogP) is 3.53. The number of amides is 1. The van der Waals surface area contributed by atoms with Crippen molar-refractivity contribution in [2.45, 2.75) is 30.1 Å². The number of hydrogen-bond acceptors (Lipinski definition) is 5. The van der Waals surface area contributed by atoms with Crippen molar-refractivity contribution in [1.82, 2.24) is 4.72 Å². The van der Waals surface area contributed by atoms with Crippen LogP contribution in [0.4, 0.5) is 5.69 Å². The Labute approximate surface area is 171 Å². The van der Waals surface area contributed by atoms with Gasteiger partial charge in [0.2, 0.25) is 15.9 Å². The second kappa shape index (κ2) is 9.95. The lowest BCUT2D eigenvalue weighted by Gasteiger charge is -2.14. The second-order valence-corrected chi connectivity index (χ2v) is 9.12. The van der Waals surface area contributed by atoms with E-state index in [9.17, 15) is 13.2 Å². The molecule has 0 aliphatic heterocycles. The Hall–Kier alpha value is -2.03. The van der Waals surface area contributed by atoms with Gasteiger partial charge < -0.3 is 10.1 Å². The summed E-state index contributed by atoms with van der Waals surface area (Å²) in [4.78, 5) is 13.0. The summed E-state index contributed by atoms with van der Waals surface area (Å²) in [5, 5.41) is 2.80. The average molecular weight is 423 g/mol. The lowest BCUT2D eigenvalue weighted by atomic mass is 10.1. The number of carbonyl (C=O) groups is 1. The summed E-state index contributed by atoms with van der Waals surface area (Å²) >= 11 is 1.45. The Bertz CT molecular complexity index is 910. The molecule has 0 saturated carbocycles. The minimum atomic E-state index is -3.68. The zero-order chi connectivity index (χ0) is 20.7. The summed E-state index contributed by atoms with van der Waals surface area (Å²) in [5.41, 5.74) is 1.51. The first-order valence-electron chi connectivity index (χ1n) is 8.88. The fourth-order valence-electron chi connectivity index (χ4n) is 2.43. The lowest BCUT2D eigenvalue weighted by molar-refractivity contribution is -0.118. The van der Waals surface area contributed by atoms with Crippen LogP contribution in [0.15, 0.2) is 52.3 Å². The number of methoxy groups -OCH3 is 1. The van der Waals surface area contributed by atoms with Crippen molar-refractivity contribution in [3.8, 4) is 5.75 Å². The summed E-state index contributed by atoms with van der Waals surface area (Å²) in [6, 6.07) is 12.2. The van der Waals surface area contributed by atoms with Crippen LogP contribution in [-0.2, 0) is 21.2 Å². The van der Waals surface area contributed by atoms with Gasteiger partial charge in [-0.1, -0.05) is 26.0 Å². The largest absolute Gasteiger partial charge is 0.497 e. The first-order valence-corrected chi connectivity index (χ1v) is 11.6. The lowest BCUT2D eigenvalue weighted by Crippen LogP contribution is -2.26. The van der Waals surface area contributed by atoms with E-state index in [1.165, 1.54) is 17.8 Å². The molecule has 28 heavy (non-hydrogen) atoms. The molecule has 8 heteroatoms. The van der Waals surface area contributed by atoms with Crippen LogP contribution >= 0.6 is 11.8 Å². The molecule has 152 valence electrons. The van der Waals surface area contributed by atoms with E-state index in [1.807, 2.05) is 30.5 Å². The van der Waals surface area contributed by atoms with Crippen molar-refractivity contribution < 1.29 is 17.9 Å². The molecule has 0 aliphatic rings. The molecular formula is C20H26N2O4S2. The monoisotopic (exact) mass is 422 g/mol. The van der Waals surface area contributed by atoms with Gasteiger partial charge in [0.15, 0.2) is 0 Å². The fraction of sp³-hybridized carbons (Fsp3) is 0.350. The molecule has 0 atom stereocenters. The normalized spacial score (nSPS) is 11.5. The maximum absolute atomic E-state index is 12.6. The highest BCUT2D eigenvalue weighted by atomic mass is 32.2. The first kappa shape index (κ1) is 22.3. The Morgan fingerprint density at radius 1 is 1.14 bits per heavy atom. The van der Waals surface area contributed by atoms with Gasteiger partial charge in [0, 0.05) is 17.4 Å². The molecule has 0 aromatic heterocycles. The van der Waals surface area contributed by atoms with Gasteiger partial charge in [-0.25, -0.2) is 13.1 Å². The molecule has 0 radical (unpaired) electrons. The van der Waals surface area contributed by atoms with Crippen molar-refractivity contribution in [3.63, 3.8) is 0 Å². The standard InChI is InChI=1S/C20H26N2O4S2/c1-14(2)20(23)22-18-13-17(9-10-19(18)27-4)28(24,25)21-12-11-15-5-7-16(26-3)8-6-15/h5-10,13-14,21H,11-12H2,1-4H3,(H,22,23). The third kappa shape index (κ3) is 5.98. The van der Waals surface area contributed by atoms with Gasteiger partial charge in [0.1, 0.15) is 5.75 Å². The molecule has 0 unspecified atom stereocenters. The Kier molecular flexibility index (Phi) is 7.91. The maximum atomic E-state index is 12.6. The molecule has 2 N–H and O–H groups in total. The van der Waals surface area contributed by atoms with Crippen LogP contribution in [0.1, 0.15) is 19.4 Å². The van der Waals surface area contributed by atoms with Crippen LogP contribution in [0.25, 0.3) is 0 Å². The number of carbonyl (C=O) groups excluding carboxylic acids is 1. The topological polar surface area (TPSA) is 84.5 Å². The smallest absolute Gasteiger partial charge is 0.240 e. The van der Waals surface area contributed by atoms with Crippen LogP contribution < -0.4 is 14.8 Å². The molecule has 0 saturated heterocycles. The highest BCUT2D eigenvalue weighted by Gasteiger charge is 2.17. The average Bonchev–Trinajstić information content (AvgIpc) is 2.68. The number of benzene rings is 2. The summed E-state index contributed by atoms with van der Waals surface area (Å²) in [6.45, 7) is 3.84. The third-order valence-corrected chi connectivity index (χ3v) is 6.38. The van der Waals surface area contributed by atoms with Crippen molar-refractivity contribution in [2.75, 3.05) is 25.2 Å². The van der Waals surface area contributed by atoms with Crippen molar-refractivity contribution >= 4 is 33.4 Å². The maximum Gasteiger partial charge on any atom is 0.240 e. The van der Waals surface area contributed by atoms with Crippen LogP contribution in [0, 0.1) is 5.92 Å². The van der Waals surface area contributed by atoms with Crippen molar-refractivity contribution in [3.05, 3.63) is 48.0 Å². The molecule has 2 rings (SSSR count). The van der Waals surface area contributed by atoms with Crippen LogP contribution in [-0.4, -0.2) is 34.2 Å². The highest BCUT2D eigenvalue weighted by Crippen LogP contribution is 2.28. The van der Waals surface area contributed by atoms with Crippen molar-refractivity contribution in [1.29, 1.82) is 0 Å². The van der Waals surface area contributed by atoms with E-state index in [1.54, 1.807) is 33.1 Å². The summed E-state index contributed by atoms with van der Waals surface area (Å²) in [5.74, 6) is 0.407. The Morgan fingerprint density at radius 2 is 1.82 bits per heavy atom. The third-order valence-electron chi connectivity index (χ3n) is 4.13. The SMILES string of the molecule is COc1ccc(CCNS(=O)(=O)c2ccc(SC)c(NC(=O)C(C)C)c2)cc1. The van der Waals surface area contributed by atoms with Crippen LogP contribution in [0.2, 0.25) is 0 Å². The quantitative estimate of drug-likeness (QED) is 0.604. The molecule has 0 heterocycles. The molecule has 0 fully saturated rings. The molecule has 6 nitrogen and oxygen atoms in total. The molecular weight excluding hydrogens is 396 g/mol. The van der Waals surface area contributed by atoms with E-state index in [4.69, 9.17) is 4.74 Å². The first-order chi connectivity index (χ1) is 13.3. The Balaban J connectivity index is 2.09. The number of nitrogens with one attached hydrogen (secondary N) is 2. The molecule has 2 aromatic carbocycles. The second-order valence-electron chi connectivity index (χ2n) is 6.50. The number of ether oxygens (including phenoxy) is 1. The van der Waals surface area contributed by atoms with Gasteiger partial charge in [-0.2, -0.15) is 0 Å². The molecule has 0 bridgehead atoms. The van der Waals surface area contributed by atoms with E-state index in [2.05, 4.69) is 10.0 Å². The van der Waals surface area contributed by atoms with E-state index in [-0.39, 0.29) is 23.3 Å². The van der Waals surface area contributed by atoms with Gasteiger partial charge in [-0.05, 0) is 48.6 Å². The van der Waals surface area contributed by atoms with E-state index >= 15 is 0 Å². The number of rotatable bonds is 9. The minimum Gasteiger partial charge on any atom is -0.497 e. The minimum absolute atomic E-state index is 0.124. The zero-order valence-corrected chi connectivity index (χ0v) is 18.1. The zero-order valence-electron chi connectivity index (χ0n) is 16.5.